The largest absolute Gasteiger partial charge is 0.359 e. The van der Waals surface area contributed by atoms with Gasteiger partial charge in [-0.25, -0.2) is 0 Å². The lowest BCUT2D eigenvalue weighted by atomic mass is 10.1. The van der Waals surface area contributed by atoms with Gasteiger partial charge in [-0.3, -0.25) is 0 Å². The van der Waals surface area contributed by atoms with Crippen molar-refractivity contribution in [3.8, 4) is 0 Å². The number of hydrogen-bond donors (Lipinski definition) is 1. The summed E-state index contributed by atoms with van der Waals surface area (Å²) in [6.07, 6.45) is 2.39. The third-order valence-corrected chi connectivity index (χ3v) is 3.32. The predicted molar refractivity (Wildman–Crippen MR) is 75.1 cm³/mol. The summed E-state index contributed by atoms with van der Waals surface area (Å²) in [6.45, 7) is 3.13. The Hall–Kier alpha value is -0.880. The SMILES string of the molecule is CCCC(CNc1nc(N(C)C)ns1)N(C)C. The maximum Gasteiger partial charge on any atom is 0.238 e. The average Bonchev–Trinajstić information content (AvgIpc) is 2.72. The van der Waals surface area contributed by atoms with Gasteiger partial charge in [0.25, 0.3) is 0 Å². The number of rotatable bonds is 7. The van der Waals surface area contributed by atoms with Crippen LogP contribution in [-0.2, 0) is 0 Å². The highest BCUT2D eigenvalue weighted by molar-refractivity contribution is 7.09. The summed E-state index contributed by atoms with van der Waals surface area (Å²) in [6, 6.07) is 0.548. The second kappa shape index (κ2) is 6.76. The van der Waals surface area contributed by atoms with Crippen molar-refractivity contribution >= 4 is 22.6 Å². The summed E-state index contributed by atoms with van der Waals surface area (Å²) >= 11 is 1.42. The molecule has 0 aliphatic carbocycles. The van der Waals surface area contributed by atoms with Crippen LogP contribution >= 0.6 is 11.5 Å². The average molecular weight is 257 g/mol. The Balaban J connectivity index is 2.47. The van der Waals surface area contributed by atoms with Gasteiger partial charge in [-0.2, -0.15) is 9.36 Å². The van der Waals surface area contributed by atoms with Gasteiger partial charge >= 0.3 is 0 Å². The van der Waals surface area contributed by atoms with Crippen molar-refractivity contribution < 1.29 is 0 Å². The number of aromatic nitrogens is 2. The number of nitrogens with zero attached hydrogens (tertiary/aromatic N) is 4. The topological polar surface area (TPSA) is 44.3 Å². The van der Waals surface area contributed by atoms with Crippen LogP contribution in [-0.4, -0.2) is 55.0 Å². The van der Waals surface area contributed by atoms with Crippen LogP contribution in [0, 0.1) is 0 Å². The standard InChI is InChI=1S/C11H23N5S/c1-6-7-9(15(2)3)8-12-11-13-10(14-17-11)16(4)5/h9H,6-8H2,1-5H3,(H,12,13,14). The Morgan fingerprint density at radius 3 is 2.47 bits per heavy atom. The smallest absolute Gasteiger partial charge is 0.238 e. The minimum absolute atomic E-state index is 0.548. The third kappa shape index (κ3) is 4.47. The fraction of sp³-hybridized carbons (Fsp3) is 0.818. The zero-order chi connectivity index (χ0) is 12.8. The van der Waals surface area contributed by atoms with Gasteiger partial charge < -0.3 is 15.1 Å². The molecule has 98 valence electrons. The van der Waals surface area contributed by atoms with E-state index in [-0.39, 0.29) is 0 Å². The van der Waals surface area contributed by atoms with E-state index in [4.69, 9.17) is 0 Å². The number of anilines is 2. The van der Waals surface area contributed by atoms with Gasteiger partial charge in [-0.15, -0.1) is 0 Å². The lowest BCUT2D eigenvalue weighted by Gasteiger charge is -2.23. The Morgan fingerprint density at radius 1 is 1.29 bits per heavy atom. The van der Waals surface area contributed by atoms with Crippen molar-refractivity contribution in [1.29, 1.82) is 0 Å². The van der Waals surface area contributed by atoms with E-state index in [1.165, 1.54) is 24.4 Å². The predicted octanol–water partition coefficient (Wildman–Crippen LogP) is 1.75. The van der Waals surface area contributed by atoms with E-state index in [2.05, 4.69) is 40.6 Å². The zero-order valence-corrected chi connectivity index (χ0v) is 12.2. The van der Waals surface area contributed by atoms with Gasteiger partial charge in [0, 0.05) is 38.2 Å². The molecule has 0 aliphatic rings. The molecule has 1 heterocycles. The van der Waals surface area contributed by atoms with Crippen molar-refractivity contribution in [3.05, 3.63) is 0 Å². The van der Waals surface area contributed by atoms with Crippen LogP contribution < -0.4 is 10.2 Å². The molecule has 1 atom stereocenters. The third-order valence-electron chi connectivity index (χ3n) is 2.66. The number of likely N-dealkylation sites (N-methyl/N-ethyl adjacent to an activating group) is 1. The molecule has 0 saturated heterocycles. The maximum atomic E-state index is 4.40. The quantitative estimate of drug-likeness (QED) is 0.806. The second-order valence-electron chi connectivity index (χ2n) is 4.58. The molecular weight excluding hydrogens is 234 g/mol. The highest BCUT2D eigenvalue weighted by atomic mass is 32.1. The van der Waals surface area contributed by atoms with Crippen molar-refractivity contribution in [3.63, 3.8) is 0 Å². The summed E-state index contributed by atoms with van der Waals surface area (Å²) in [5.41, 5.74) is 0. The lowest BCUT2D eigenvalue weighted by Crippen LogP contribution is -2.34. The molecule has 1 unspecified atom stereocenters. The first-order valence-electron chi connectivity index (χ1n) is 5.96. The van der Waals surface area contributed by atoms with E-state index in [0.717, 1.165) is 17.6 Å². The van der Waals surface area contributed by atoms with Gasteiger partial charge in [0.05, 0.1) is 0 Å². The van der Waals surface area contributed by atoms with Crippen LogP contribution in [0.5, 0.6) is 0 Å². The molecule has 1 aromatic rings. The minimum Gasteiger partial charge on any atom is -0.359 e. The van der Waals surface area contributed by atoms with Gasteiger partial charge in [0.1, 0.15) is 0 Å². The monoisotopic (exact) mass is 257 g/mol. The summed E-state index contributed by atoms with van der Waals surface area (Å²) in [4.78, 5) is 8.57. The van der Waals surface area contributed by atoms with Crippen molar-refractivity contribution in [2.45, 2.75) is 25.8 Å². The molecule has 0 aromatic carbocycles. The minimum atomic E-state index is 0.548. The number of hydrogen-bond acceptors (Lipinski definition) is 6. The highest BCUT2D eigenvalue weighted by Crippen LogP contribution is 2.16. The second-order valence-corrected chi connectivity index (χ2v) is 5.33. The molecule has 0 aliphatic heterocycles. The number of nitrogens with one attached hydrogen (secondary N) is 1. The van der Waals surface area contributed by atoms with E-state index in [1.807, 2.05) is 19.0 Å². The molecule has 0 amide bonds. The molecule has 0 spiro atoms. The molecule has 0 bridgehead atoms. The Bertz CT molecular complexity index is 323. The molecule has 0 saturated carbocycles. The zero-order valence-electron chi connectivity index (χ0n) is 11.4. The molecule has 0 fully saturated rings. The lowest BCUT2D eigenvalue weighted by molar-refractivity contribution is 0.288. The van der Waals surface area contributed by atoms with E-state index in [0.29, 0.717) is 6.04 Å². The summed E-state index contributed by atoms with van der Waals surface area (Å²) in [5, 5.41) is 4.26. The molecule has 5 nitrogen and oxygen atoms in total. The van der Waals surface area contributed by atoms with Crippen molar-refractivity contribution in [2.24, 2.45) is 0 Å². The van der Waals surface area contributed by atoms with Crippen LogP contribution in [0.4, 0.5) is 11.1 Å². The molecule has 1 rings (SSSR count). The Morgan fingerprint density at radius 2 is 2.00 bits per heavy atom. The van der Waals surface area contributed by atoms with Crippen LogP contribution in [0.1, 0.15) is 19.8 Å². The fourth-order valence-corrected chi connectivity index (χ4v) is 2.19. The summed E-state index contributed by atoms with van der Waals surface area (Å²) in [5.74, 6) is 0.773. The highest BCUT2D eigenvalue weighted by Gasteiger charge is 2.11. The van der Waals surface area contributed by atoms with Crippen molar-refractivity contribution in [1.82, 2.24) is 14.3 Å². The molecule has 1 aromatic heterocycles. The van der Waals surface area contributed by atoms with Crippen molar-refractivity contribution in [2.75, 3.05) is 45.0 Å². The Kier molecular flexibility index (Phi) is 5.64. The molecule has 17 heavy (non-hydrogen) atoms. The maximum absolute atomic E-state index is 4.40. The van der Waals surface area contributed by atoms with Gasteiger partial charge in [-0.1, -0.05) is 13.3 Å². The van der Waals surface area contributed by atoms with E-state index in [1.54, 1.807) is 0 Å². The molecule has 0 radical (unpaired) electrons. The van der Waals surface area contributed by atoms with Crippen LogP contribution in [0.15, 0.2) is 0 Å². The Labute approximate surface area is 108 Å². The summed E-state index contributed by atoms with van der Waals surface area (Å²) in [7, 11) is 8.14. The van der Waals surface area contributed by atoms with Crippen LogP contribution in [0.3, 0.4) is 0 Å². The molecule has 6 heteroatoms. The van der Waals surface area contributed by atoms with Gasteiger partial charge in [0.2, 0.25) is 11.1 Å². The van der Waals surface area contributed by atoms with E-state index < -0.39 is 0 Å². The molecular formula is C11H23N5S. The first-order valence-corrected chi connectivity index (χ1v) is 6.73. The van der Waals surface area contributed by atoms with Crippen LogP contribution in [0.2, 0.25) is 0 Å². The van der Waals surface area contributed by atoms with Gasteiger partial charge in [0.15, 0.2) is 0 Å². The van der Waals surface area contributed by atoms with Gasteiger partial charge in [-0.05, 0) is 20.5 Å². The van der Waals surface area contributed by atoms with E-state index >= 15 is 0 Å². The summed E-state index contributed by atoms with van der Waals surface area (Å²) < 4.78 is 4.26. The molecule has 1 N–H and O–H groups in total. The first kappa shape index (κ1) is 14.2. The van der Waals surface area contributed by atoms with Crippen LogP contribution in [0.25, 0.3) is 0 Å². The fourth-order valence-electron chi connectivity index (χ4n) is 1.55. The first-order chi connectivity index (χ1) is 8.04. The van der Waals surface area contributed by atoms with E-state index in [9.17, 15) is 0 Å². The normalized spacial score (nSPS) is 12.8.